The van der Waals surface area contributed by atoms with Gasteiger partial charge in [0, 0.05) is 49.8 Å². The maximum atomic E-state index is 13.4. The monoisotopic (exact) mass is 458 g/mol. The van der Waals surface area contributed by atoms with Gasteiger partial charge in [0.15, 0.2) is 0 Å². The average molecular weight is 459 g/mol. The maximum Gasteiger partial charge on any atom is 0.259 e. The van der Waals surface area contributed by atoms with Gasteiger partial charge in [-0.15, -0.1) is 0 Å². The number of hydrogen-bond acceptors (Lipinski definition) is 4. The van der Waals surface area contributed by atoms with Crippen molar-refractivity contribution in [2.24, 2.45) is 0 Å². The third-order valence-corrected chi connectivity index (χ3v) is 6.74. The van der Waals surface area contributed by atoms with Crippen molar-refractivity contribution in [2.45, 2.75) is 37.9 Å². The van der Waals surface area contributed by atoms with Gasteiger partial charge in [0.2, 0.25) is 5.91 Å². The van der Waals surface area contributed by atoms with Gasteiger partial charge in [-0.3, -0.25) is 19.5 Å². The highest BCUT2D eigenvalue weighted by molar-refractivity contribution is 6.06. The SMILES string of the molecule is O=C(Cc1cccc(F)c1)NC[C@H]1CC[C@H]2CN(C(=O)c3cccnc3)c3ccccc3CN12. The van der Waals surface area contributed by atoms with Crippen molar-refractivity contribution < 1.29 is 14.0 Å². The molecule has 3 aromatic rings. The van der Waals surface area contributed by atoms with Crippen LogP contribution in [0.15, 0.2) is 73.1 Å². The molecule has 2 aliphatic heterocycles. The summed E-state index contributed by atoms with van der Waals surface area (Å²) in [7, 11) is 0. The zero-order valence-electron chi connectivity index (χ0n) is 18.9. The van der Waals surface area contributed by atoms with E-state index >= 15 is 0 Å². The van der Waals surface area contributed by atoms with Gasteiger partial charge in [0.25, 0.3) is 5.91 Å². The lowest BCUT2D eigenvalue weighted by atomic mass is 10.1. The molecule has 0 unspecified atom stereocenters. The Hall–Kier alpha value is -3.58. The Morgan fingerprint density at radius 1 is 1.06 bits per heavy atom. The summed E-state index contributed by atoms with van der Waals surface area (Å²) in [5, 5.41) is 3.04. The molecular weight excluding hydrogens is 431 g/mol. The number of benzene rings is 2. The number of nitrogens with zero attached hydrogens (tertiary/aromatic N) is 3. The molecule has 0 saturated carbocycles. The first-order valence-electron chi connectivity index (χ1n) is 11.6. The van der Waals surface area contributed by atoms with Gasteiger partial charge < -0.3 is 10.2 Å². The minimum absolute atomic E-state index is 0.0470. The molecule has 2 aliphatic rings. The van der Waals surface area contributed by atoms with Crippen molar-refractivity contribution in [1.82, 2.24) is 15.2 Å². The van der Waals surface area contributed by atoms with Gasteiger partial charge in [0.1, 0.15) is 5.82 Å². The van der Waals surface area contributed by atoms with Crippen molar-refractivity contribution in [1.29, 1.82) is 0 Å². The maximum absolute atomic E-state index is 13.4. The van der Waals surface area contributed by atoms with E-state index in [2.05, 4.69) is 21.3 Å². The Labute approximate surface area is 198 Å². The van der Waals surface area contributed by atoms with Crippen LogP contribution in [0.25, 0.3) is 0 Å². The number of para-hydroxylation sites is 1. The smallest absolute Gasteiger partial charge is 0.259 e. The summed E-state index contributed by atoms with van der Waals surface area (Å²) in [6.45, 7) is 1.85. The lowest BCUT2D eigenvalue weighted by molar-refractivity contribution is -0.120. The Morgan fingerprint density at radius 3 is 2.76 bits per heavy atom. The highest BCUT2D eigenvalue weighted by Gasteiger charge is 2.39. The summed E-state index contributed by atoms with van der Waals surface area (Å²) in [4.78, 5) is 34.3. The van der Waals surface area contributed by atoms with E-state index < -0.39 is 0 Å². The van der Waals surface area contributed by atoms with Gasteiger partial charge in [0.05, 0.1) is 12.0 Å². The van der Waals surface area contributed by atoms with Gasteiger partial charge in [-0.25, -0.2) is 4.39 Å². The summed E-state index contributed by atoms with van der Waals surface area (Å²) >= 11 is 0. The fourth-order valence-corrected chi connectivity index (χ4v) is 5.07. The van der Waals surface area contributed by atoms with Crippen molar-refractivity contribution in [2.75, 3.05) is 18.0 Å². The van der Waals surface area contributed by atoms with E-state index in [1.165, 1.54) is 12.1 Å². The van der Waals surface area contributed by atoms with E-state index in [0.717, 1.165) is 30.6 Å². The predicted molar refractivity (Wildman–Crippen MR) is 128 cm³/mol. The minimum atomic E-state index is -0.336. The van der Waals surface area contributed by atoms with Crippen molar-refractivity contribution in [3.63, 3.8) is 0 Å². The van der Waals surface area contributed by atoms with E-state index in [1.54, 1.807) is 36.7 Å². The van der Waals surface area contributed by atoms with E-state index in [9.17, 15) is 14.0 Å². The molecule has 3 heterocycles. The van der Waals surface area contributed by atoms with E-state index in [4.69, 9.17) is 0 Å². The van der Waals surface area contributed by atoms with Gasteiger partial charge in [-0.2, -0.15) is 0 Å². The number of halogens is 1. The van der Waals surface area contributed by atoms with E-state index in [-0.39, 0.29) is 36.1 Å². The molecule has 6 nitrogen and oxygen atoms in total. The Kier molecular flexibility index (Phi) is 6.36. The quantitative estimate of drug-likeness (QED) is 0.635. The number of anilines is 1. The number of carbonyl (C=O) groups excluding carboxylic acids is 2. The normalized spacial score (nSPS) is 19.7. The second kappa shape index (κ2) is 9.73. The molecule has 2 atom stereocenters. The predicted octanol–water partition coefficient (Wildman–Crippen LogP) is 3.57. The first kappa shape index (κ1) is 22.2. The molecule has 0 radical (unpaired) electrons. The van der Waals surface area contributed by atoms with Crippen LogP contribution in [0.5, 0.6) is 0 Å². The molecule has 7 heteroatoms. The number of nitrogens with one attached hydrogen (secondary N) is 1. The fourth-order valence-electron chi connectivity index (χ4n) is 5.07. The number of fused-ring (bicyclic) bond motifs is 2. The van der Waals surface area contributed by atoms with Crippen molar-refractivity contribution >= 4 is 17.5 Å². The molecule has 0 bridgehead atoms. The highest BCUT2D eigenvalue weighted by atomic mass is 19.1. The van der Waals surface area contributed by atoms with Gasteiger partial charge >= 0.3 is 0 Å². The first-order valence-corrected chi connectivity index (χ1v) is 11.6. The van der Waals surface area contributed by atoms with E-state index in [1.807, 2.05) is 23.1 Å². The molecule has 1 N–H and O–H groups in total. The van der Waals surface area contributed by atoms with Crippen LogP contribution in [-0.2, 0) is 17.8 Å². The molecule has 1 fully saturated rings. The highest BCUT2D eigenvalue weighted by Crippen LogP contribution is 2.35. The van der Waals surface area contributed by atoms with Gasteiger partial charge in [-0.05, 0) is 54.3 Å². The van der Waals surface area contributed by atoms with E-state index in [0.29, 0.717) is 24.2 Å². The fraction of sp³-hybridized carbons (Fsp3) is 0.296. The zero-order chi connectivity index (χ0) is 23.5. The number of carbonyl (C=O) groups is 2. The third-order valence-electron chi connectivity index (χ3n) is 6.74. The largest absolute Gasteiger partial charge is 0.354 e. The molecule has 2 aromatic carbocycles. The molecule has 174 valence electrons. The molecule has 1 aromatic heterocycles. The number of aromatic nitrogens is 1. The molecule has 2 amide bonds. The zero-order valence-corrected chi connectivity index (χ0v) is 18.9. The lowest BCUT2D eigenvalue weighted by Gasteiger charge is -2.29. The Balaban J connectivity index is 1.30. The van der Waals surface area contributed by atoms with Crippen LogP contribution in [0.2, 0.25) is 0 Å². The summed E-state index contributed by atoms with van der Waals surface area (Å²) in [6.07, 6.45) is 5.33. The first-order chi connectivity index (χ1) is 16.6. The summed E-state index contributed by atoms with van der Waals surface area (Å²) in [6, 6.07) is 18.1. The van der Waals surface area contributed by atoms with Crippen LogP contribution in [0.1, 0.15) is 34.3 Å². The number of hydrogen-bond donors (Lipinski definition) is 1. The molecule has 5 rings (SSSR count). The van der Waals surface area contributed by atoms with Crippen LogP contribution in [0, 0.1) is 5.82 Å². The average Bonchev–Trinajstić information content (AvgIpc) is 3.14. The van der Waals surface area contributed by atoms with Crippen LogP contribution in [0.4, 0.5) is 10.1 Å². The second-order valence-corrected chi connectivity index (χ2v) is 8.95. The molecule has 34 heavy (non-hydrogen) atoms. The Morgan fingerprint density at radius 2 is 1.94 bits per heavy atom. The Bertz CT molecular complexity index is 1190. The number of pyridine rings is 1. The van der Waals surface area contributed by atoms with Crippen molar-refractivity contribution in [3.8, 4) is 0 Å². The topological polar surface area (TPSA) is 65.5 Å². The molecule has 1 saturated heterocycles. The van der Waals surface area contributed by atoms with Crippen molar-refractivity contribution in [3.05, 3.63) is 95.6 Å². The van der Waals surface area contributed by atoms with Crippen LogP contribution in [0.3, 0.4) is 0 Å². The summed E-state index contributed by atoms with van der Waals surface area (Å²) in [5.41, 5.74) is 3.26. The summed E-state index contributed by atoms with van der Waals surface area (Å²) < 4.78 is 13.4. The standard InChI is InChI=1S/C27H27FN4O2/c28-22-8-3-5-19(13-22)14-26(33)30-16-23-10-11-24-18-32(27(34)20-7-4-12-29-15-20)25-9-2-1-6-21(25)17-31(23)24/h1-9,12-13,15,23-24H,10-11,14,16-18H2,(H,30,33)/t23-,24+/m1/s1. The second-order valence-electron chi connectivity index (χ2n) is 8.95. The lowest BCUT2D eigenvalue weighted by Crippen LogP contribution is -2.46. The van der Waals surface area contributed by atoms with Gasteiger partial charge in [-0.1, -0.05) is 30.3 Å². The molecule has 0 aliphatic carbocycles. The van der Waals surface area contributed by atoms with Crippen LogP contribution in [-0.4, -0.2) is 46.9 Å². The van der Waals surface area contributed by atoms with Crippen LogP contribution >= 0.6 is 0 Å². The third kappa shape index (κ3) is 4.70. The number of rotatable bonds is 5. The molecular formula is C27H27FN4O2. The molecule has 0 spiro atoms. The number of amides is 2. The minimum Gasteiger partial charge on any atom is -0.354 e. The van der Waals surface area contributed by atoms with Crippen LogP contribution < -0.4 is 10.2 Å². The summed E-state index contributed by atoms with van der Waals surface area (Å²) in [5.74, 6) is -0.496.